The molecule has 17 heavy (non-hydrogen) atoms. The molecular weight excluding hydrogens is 212 g/mol. The molecule has 0 bridgehead atoms. The van der Waals surface area contributed by atoms with Crippen LogP contribution < -0.4 is 5.73 Å². The lowest BCUT2D eigenvalue weighted by atomic mass is 10.00. The molecule has 1 amide bonds. The maximum atomic E-state index is 12.4. The van der Waals surface area contributed by atoms with E-state index in [-0.39, 0.29) is 11.4 Å². The summed E-state index contributed by atoms with van der Waals surface area (Å²) in [4.78, 5) is 14.3. The lowest BCUT2D eigenvalue weighted by Crippen LogP contribution is -2.46. The molecule has 1 aliphatic heterocycles. The first kappa shape index (κ1) is 12.1. The van der Waals surface area contributed by atoms with Gasteiger partial charge < -0.3 is 10.6 Å². The molecule has 2 rings (SSSR count). The van der Waals surface area contributed by atoms with Crippen LogP contribution in [0.15, 0.2) is 30.3 Å². The molecule has 0 aromatic heterocycles. The standard InChI is InChI=1S/C14H20N2O/c1-14(2)9-6-10-16(14)13(17)12(15)11-7-4-3-5-8-11/h3-5,7-8,12H,6,9-10,15H2,1-2H3/t12-/m1/s1. The summed E-state index contributed by atoms with van der Waals surface area (Å²) in [6.45, 7) is 5.04. The van der Waals surface area contributed by atoms with Gasteiger partial charge in [0.1, 0.15) is 6.04 Å². The number of amides is 1. The third-order valence-corrected chi connectivity index (χ3v) is 3.59. The van der Waals surface area contributed by atoms with Crippen LogP contribution in [0.2, 0.25) is 0 Å². The van der Waals surface area contributed by atoms with Crippen LogP contribution in [0.1, 0.15) is 38.3 Å². The topological polar surface area (TPSA) is 46.3 Å². The zero-order valence-electron chi connectivity index (χ0n) is 10.5. The van der Waals surface area contributed by atoms with Crippen molar-refractivity contribution in [2.45, 2.75) is 38.3 Å². The molecule has 1 saturated heterocycles. The highest BCUT2D eigenvalue weighted by Gasteiger charge is 2.37. The van der Waals surface area contributed by atoms with E-state index in [0.717, 1.165) is 24.9 Å². The molecule has 0 saturated carbocycles. The Morgan fingerprint density at radius 1 is 1.35 bits per heavy atom. The van der Waals surface area contributed by atoms with Crippen LogP contribution in [-0.2, 0) is 4.79 Å². The zero-order chi connectivity index (χ0) is 12.5. The minimum atomic E-state index is -0.534. The average Bonchev–Trinajstić information content (AvgIpc) is 2.68. The van der Waals surface area contributed by atoms with Crippen molar-refractivity contribution in [3.8, 4) is 0 Å². The third kappa shape index (κ3) is 2.34. The van der Waals surface area contributed by atoms with Gasteiger partial charge >= 0.3 is 0 Å². The predicted octanol–water partition coefficient (Wildman–Crippen LogP) is 2.09. The summed E-state index contributed by atoms with van der Waals surface area (Å²) in [5, 5.41) is 0. The van der Waals surface area contributed by atoms with Gasteiger partial charge in [0, 0.05) is 12.1 Å². The summed E-state index contributed by atoms with van der Waals surface area (Å²) in [5.74, 6) is 0.0405. The Labute approximate surface area is 103 Å². The summed E-state index contributed by atoms with van der Waals surface area (Å²) < 4.78 is 0. The van der Waals surface area contributed by atoms with Gasteiger partial charge in [-0.25, -0.2) is 0 Å². The molecule has 1 heterocycles. The second-order valence-corrected chi connectivity index (χ2v) is 5.29. The van der Waals surface area contributed by atoms with Crippen LogP contribution in [-0.4, -0.2) is 22.9 Å². The largest absolute Gasteiger partial charge is 0.336 e. The van der Waals surface area contributed by atoms with E-state index in [1.54, 1.807) is 0 Å². The fraction of sp³-hybridized carbons (Fsp3) is 0.500. The monoisotopic (exact) mass is 232 g/mol. The van der Waals surface area contributed by atoms with Crippen LogP contribution in [0.25, 0.3) is 0 Å². The number of rotatable bonds is 2. The summed E-state index contributed by atoms with van der Waals surface area (Å²) in [5.41, 5.74) is 6.89. The Hall–Kier alpha value is -1.35. The Balaban J connectivity index is 2.16. The van der Waals surface area contributed by atoms with E-state index in [4.69, 9.17) is 5.73 Å². The number of carbonyl (C=O) groups is 1. The molecule has 1 aromatic rings. The fourth-order valence-electron chi connectivity index (χ4n) is 2.49. The second-order valence-electron chi connectivity index (χ2n) is 5.29. The molecule has 1 aromatic carbocycles. The van der Waals surface area contributed by atoms with Crippen molar-refractivity contribution < 1.29 is 4.79 Å². The second kappa shape index (κ2) is 4.49. The predicted molar refractivity (Wildman–Crippen MR) is 68.4 cm³/mol. The number of carbonyl (C=O) groups excluding carboxylic acids is 1. The van der Waals surface area contributed by atoms with Gasteiger partial charge in [0.15, 0.2) is 0 Å². The number of hydrogen-bond donors (Lipinski definition) is 1. The number of nitrogens with zero attached hydrogens (tertiary/aromatic N) is 1. The molecule has 2 N–H and O–H groups in total. The van der Waals surface area contributed by atoms with E-state index in [0.29, 0.717) is 0 Å². The molecule has 92 valence electrons. The fourth-order valence-corrected chi connectivity index (χ4v) is 2.49. The Morgan fingerprint density at radius 3 is 2.53 bits per heavy atom. The van der Waals surface area contributed by atoms with E-state index >= 15 is 0 Å². The highest BCUT2D eigenvalue weighted by atomic mass is 16.2. The van der Waals surface area contributed by atoms with Crippen molar-refractivity contribution in [1.82, 2.24) is 4.90 Å². The Morgan fingerprint density at radius 2 is 2.00 bits per heavy atom. The number of nitrogens with two attached hydrogens (primary N) is 1. The Kier molecular flexibility index (Phi) is 3.20. The van der Waals surface area contributed by atoms with Gasteiger partial charge in [0.2, 0.25) is 5.91 Å². The first-order valence-electron chi connectivity index (χ1n) is 6.14. The SMILES string of the molecule is CC1(C)CCCN1C(=O)[C@H](N)c1ccccc1. The van der Waals surface area contributed by atoms with E-state index in [1.165, 1.54) is 0 Å². The number of hydrogen-bond acceptors (Lipinski definition) is 2. The molecule has 0 unspecified atom stereocenters. The zero-order valence-corrected chi connectivity index (χ0v) is 10.5. The van der Waals surface area contributed by atoms with Crippen LogP contribution in [0.4, 0.5) is 0 Å². The van der Waals surface area contributed by atoms with Crippen LogP contribution in [0, 0.1) is 0 Å². The minimum absolute atomic E-state index is 0.0405. The van der Waals surface area contributed by atoms with Crippen molar-refractivity contribution in [3.05, 3.63) is 35.9 Å². The molecule has 1 fully saturated rings. The van der Waals surface area contributed by atoms with E-state index in [9.17, 15) is 4.79 Å². The van der Waals surface area contributed by atoms with Crippen molar-refractivity contribution in [3.63, 3.8) is 0 Å². The summed E-state index contributed by atoms with van der Waals surface area (Å²) in [6.07, 6.45) is 2.13. The summed E-state index contributed by atoms with van der Waals surface area (Å²) in [7, 11) is 0. The van der Waals surface area contributed by atoms with E-state index < -0.39 is 6.04 Å². The summed E-state index contributed by atoms with van der Waals surface area (Å²) >= 11 is 0. The lowest BCUT2D eigenvalue weighted by Gasteiger charge is -2.33. The van der Waals surface area contributed by atoms with Crippen LogP contribution >= 0.6 is 0 Å². The van der Waals surface area contributed by atoms with Crippen molar-refractivity contribution in [2.24, 2.45) is 5.73 Å². The minimum Gasteiger partial charge on any atom is -0.336 e. The molecule has 1 atom stereocenters. The molecular formula is C14H20N2O. The van der Waals surface area contributed by atoms with E-state index in [2.05, 4.69) is 13.8 Å². The molecule has 0 spiro atoms. The van der Waals surface area contributed by atoms with Gasteiger partial charge in [0.25, 0.3) is 0 Å². The van der Waals surface area contributed by atoms with Gasteiger partial charge in [-0.05, 0) is 32.3 Å². The molecule has 0 radical (unpaired) electrons. The van der Waals surface area contributed by atoms with E-state index in [1.807, 2.05) is 35.2 Å². The first-order chi connectivity index (χ1) is 8.02. The normalized spacial score (nSPS) is 20.3. The van der Waals surface area contributed by atoms with Gasteiger partial charge in [-0.15, -0.1) is 0 Å². The first-order valence-corrected chi connectivity index (χ1v) is 6.14. The highest BCUT2D eigenvalue weighted by Crippen LogP contribution is 2.30. The van der Waals surface area contributed by atoms with Gasteiger partial charge in [-0.3, -0.25) is 4.79 Å². The molecule has 0 aliphatic carbocycles. The Bertz CT molecular complexity index is 400. The molecule has 3 nitrogen and oxygen atoms in total. The van der Waals surface area contributed by atoms with Crippen molar-refractivity contribution >= 4 is 5.91 Å². The third-order valence-electron chi connectivity index (χ3n) is 3.59. The van der Waals surface area contributed by atoms with Crippen LogP contribution in [0.3, 0.4) is 0 Å². The maximum absolute atomic E-state index is 12.4. The summed E-state index contributed by atoms with van der Waals surface area (Å²) in [6, 6.07) is 9.04. The lowest BCUT2D eigenvalue weighted by molar-refractivity contribution is -0.135. The van der Waals surface area contributed by atoms with Gasteiger partial charge in [-0.2, -0.15) is 0 Å². The quantitative estimate of drug-likeness (QED) is 0.848. The van der Waals surface area contributed by atoms with Crippen molar-refractivity contribution in [1.29, 1.82) is 0 Å². The smallest absolute Gasteiger partial charge is 0.244 e. The van der Waals surface area contributed by atoms with Crippen molar-refractivity contribution in [2.75, 3.05) is 6.54 Å². The molecule has 3 heteroatoms. The van der Waals surface area contributed by atoms with Crippen LogP contribution in [0.5, 0.6) is 0 Å². The molecule has 1 aliphatic rings. The van der Waals surface area contributed by atoms with Gasteiger partial charge in [0.05, 0.1) is 0 Å². The number of benzene rings is 1. The highest BCUT2D eigenvalue weighted by molar-refractivity contribution is 5.84. The average molecular weight is 232 g/mol. The van der Waals surface area contributed by atoms with Gasteiger partial charge in [-0.1, -0.05) is 30.3 Å². The number of likely N-dealkylation sites (tertiary alicyclic amines) is 1. The maximum Gasteiger partial charge on any atom is 0.244 e.